The van der Waals surface area contributed by atoms with Crippen LogP contribution in [0.4, 0.5) is 4.79 Å². The van der Waals surface area contributed by atoms with Gasteiger partial charge in [0.25, 0.3) is 0 Å². The highest BCUT2D eigenvalue weighted by Crippen LogP contribution is 2.30. The summed E-state index contributed by atoms with van der Waals surface area (Å²) in [6.07, 6.45) is 4.99. The Bertz CT molecular complexity index is 338. The summed E-state index contributed by atoms with van der Waals surface area (Å²) >= 11 is 1.78. The normalized spacial score (nSPS) is 27.1. The maximum Gasteiger partial charge on any atom is 0.419 e. The molecule has 0 aromatic carbocycles. The molecule has 0 radical (unpaired) electrons. The van der Waals surface area contributed by atoms with Gasteiger partial charge in [-0.3, -0.25) is 5.32 Å². The van der Waals surface area contributed by atoms with E-state index in [4.69, 9.17) is 0 Å². The van der Waals surface area contributed by atoms with Crippen molar-refractivity contribution in [3.63, 3.8) is 0 Å². The molecular weight excluding hydrogens is 202 g/mol. The number of amides is 1. The van der Waals surface area contributed by atoms with Crippen molar-refractivity contribution in [2.24, 2.45) is 0 Å². The molecule has 5 heteroatoms. The van der Waals surface area contributed by atoms with Crippen molar-refractivity contribution >= 4 is 23.8 Å². The first kappa shape index (κ1) is 9.33. The highest BCUT2D eigenvalue weighted by molar-refractivity contribution is 8.03. The molecule has 74 valence electrons. The van der Waals surface area contributed by atoms with Gasteiger partial charge in [-0.2, -0.15) is 0 Å². The van der Waals surface area contributed by atoms with Gasteiger partial charge in [0, 0.05) is 0 Å². The Morgan fingerprint density at radius 3 is 2.79 bits per heavy atom. The molecule has 0 aromatic heterocycles. The number of alkyl carbamates (subject to hydrolysis) is 1. The minimum atomic E-state index is -0.696. The third kappa shape index (κ3) is 1.98. The second-order valence-corrected chi connectivity index (χ2v) is 4.19. The summed E-state index contributed by atoms with van der Waals surface area (Å²) in [5, 5.41) is 2.32. The average molecular weight is 211 g/mol. The molecule has 0 spiro atoms. The van der Waals surface area contributed by atoms with Crippen molar-refractivity contribution in [1.29, 1.82) is 0 Å². The van der Waals surface area contributed by atoms with Gasteiger partial charge in [-0.25, -0.2) is 9.59 Å². The molecule has 2 aliphatic heterocycles. The van der Waals surface area contributed by atoms with E-state index in [1.54, 1.807) is 17.8 Å². The molecule has 2 fully saturated rings. The van der Waals surface area contributed by atoms with Crippen LogP contribution in [0.5, 0.6) is 0 Å². The van der Waals surface area contributed by atoms with Gasteiger partial charge in [0.1, 0.15) is 5.70 Å². The molecule has 0 unspecified atom stereocenters. The maximum atomic E-state index is 11.0. The number of hydrogen-bond acceptors (Lipinski definition) is 4. The summed E-state index contributed by atoms with van der Waals surface area (Å²) in [7, 11) is 0. The Labute approximate surface area is 85.4 Å². The lowest BCUT2D eigenvalue weighted by Gasteiger charge is -1.90. The van der Waals surface area contributed by atoms with E-state index in [-0.39, 0.29) is 5.70 Å². The van der Waals surface area contributed by atoms with E-state index in [1.807, 2.05) is 6.08 Å². The van der Waals surface area contributed by atoms with Crippen molar-refractivity contribution in [2.45, 2.75) is 12.8 Å². The number of rotatable bonds is 1. The average Bonchev–Trinajstić information content (AvgIpc) is 2.72. The Morgan fingerprint density at radius 2 is 2.21 bits per heavy atom. The smallest absolute Gasteiger partial charge is 0.371 e. The molecule has 2 heterocycles. The lowest BCUT2D eigenvalue weighted by molar-refractivity contribution is -0.130. The van der Waals surface area contributed by atoms with E-state index in [0.29, 0.717) is 0 Å². The van der Waals surface area contributed by atoms with Crippen molar-refractivity contribution in [3.8, 4) is 0 Å². The van der Waals surface area contributed by atoms with Crippen LogP contribution in [0.2, 0.25) is 0 Å². The van der Waals surface area contributed by atoms with E-state index < -0.39 is 12.1 Å². The van der Waals surface area contributed by atoms with Crippen LogP contribution in [-0.4, -0.2) is 17.8 Å². The summed E-state index contributed by atoms with van der Waals surface area (Å²) in [5.41, 5.74) is 0.218. The molecule has 1 N–H and O–H groups in total. The fraction of sp³-hybridized carbons (Fsp3) is 0.333. The van der Waals surface area contributed by atoms with E-state index in [0.717, 1.165) is 12.2 Å². The Hall–Kier alpha value is -1.23. The quantitative estimate of drug-likeness (QED) is 0.406. The number of esters is 1. The third-order valence-corrected chi connectivity index (χ3v) is 3.14. The van der Waals surface area contributed by atoms with Gasteiger partial charge in [0.15, 0.2) is 0 Å². The summed E-state index contributed by atoms with van der Waals surface area (Å²) in [4.78, 5) is 22.9. The number of allylic oxidation sites excluding steroid dienone is 3. The van der Waals surface area contributed by atoms with E-state index >= 15 is 0 Å². The molecule has 0 bridgehead atoms. The Balaban J connectivity index is 2.07. The summed E-state index contributed by atoms with van der Waals surface area (Å²) in [5.74, 6) is 0.529. The molecule has 14 heavy (non-hydrogen) atoms. The van der Waals surface area contributed by atoms with Crippen LogP contribution in [0.3, 0.4) is 0 Å². The Kier molecular flexibility index (Phi) is 2.58. The molecule has 0 saturated carbocycles. The van der Waals surface area contributed by atoms with E-state index in [9.17, 15) is 9.59 Å². The second-order valence-electron chi connectivity index (χ2n) is 2.97. The molecular formula is C9H9NO3S. The van der Waals surface area contributed by atoms with Crippen molar-refractivity contribution in [2.75, 3.05) is 5.75 Å². The van der Waals surface area contributed by atoms with Crippen molar-refractivity contribution in [1.82, 2.24) is 5.32 Å². The minimum absolute atomic E-state index is 0.218. The lowest BCUT2D eigenvalue weighted by atomic mass is 10.3. The van der Waals surface area contributed by atoms with Crippen LogP contribution in [0.15, 0.2) is 22.8 Å². The van der Waals surface area contributed by atoms with Gasteiger partial charge >= 0.3 is 12.1 Å². The summed E-state index contributed by atoms with van der Waals surface area (Å²) < 4.78 is 4.30. The zero-order chi connectivity index (χ0) is 9.97. The van der Waals surface area contributed by atoms with Crippen LogP contribution in [-0.2, 0) is 9.53 Å². The van der Waals surface area contributed by atoms with E-state index in [1.165, 1.54) is 11.3 Å². The summed E-state index contributed by atoms with van der Waals surface area (Å²) in [6, 6.07) is 0. The van der Waals surface area contributed by atoms with Gasteiger partial charge in [-0.15, -0.1) is 11.8 Å². The first-order valence-electron chi connectivity index (χ1n) is 4.32. The highest BCUT2D eigenvalue weighted by Gasteiger charge is 2.25. The van der Waals surface area contributed by atoms with Crippen LogP contribution < -0.4 is 5.32 Å². The fourth-order valence-electron chi connectivity index (χ4n) is 1.26. The monoisotopic (exact) mass is 211 g/mol. The zero-order valence-corrected chi connectivity index (χ0v) is 8.23. The Morgan fingerprint density at radius 1 is 1.36 bits per heavy atom. The number of nitrogens with one attached hydrogen (secondary N) is 1. The number of ether oxygens (including phenoxy) is 1. The van der Waals surface area contributed by atoms with Gasteiger partial charge in [0.05, 0.1) is 0 Å². The zero-order valence-electron chi connectivity index (χ0n) is 7.41. The van der Waals surface area contributed by atoms with Crippen LogP contribution in [0.1, 0.15) is 12.8 Å². The number of cyclic esters (lactones) is 2. The van der Waals surface area contributed by atoms with Gasteiger partial charge in [-0.05, 0) is 29.6 Å². The highest BCUT2D eigenvalue weighted by atomic mass is 32.2. The topological polar surface area (TPSA) is 55.4 Å². The maximum absolute atomic E-state index is 11.0. The molecule has 0 atom stereocenters. The van der Waals surface area contributed by atoms with Crippen LogP contribution in [0, 0.1) is 0 Å². The number of hydrogen-bond donors (Lipinski definition) is 1. The van der Waals surface area contributed by atoms with Crippen LogP contribution >= 0.6 is 11.8 Å². The lowest BCUT2D eigenvalue weighted by Crippen LogP contribution is -2.11. The number of carbonyl (C=O) groups excluding carboxylic acids is 2. The van der Waals surface area contributed by atoms with Crippen molar-refractivity contribution in [3.05, 3.63) is 22.8 Å². The van der Waals surface area contributed by atoms with Gasteiger partial charge < -0.3 is 4.74 Å². The number of carbonyl (C=O) groups is 2. The van der Waals surface area contributed by atoms with E-state index in [2.05, 4.69) is 10.1 Å². The van der Waals surface area contributed by atoms with Gasteiger partial charge in [0.2, 0.25) is 0 Å². The first-order valence-corrected chi connectivity index (χ1v) is 5.31. The predicted molar refractivity (Wildman–Crippen MR) is 52.5 cm³/mol. The molecule has 2 saturated heterocycles. The SMILES string of the molecule is O=C1N/C(=C\C=C2\CCCS2)C(=O)O1. The second kappa shape index (κ2) is 3.88. The third-order valence-electron chi connectivity index (χ3n) is 1.93. The van der Waals surface area contributed by atoms with Crippen LogP contribution in [0.25, 0.3) is 0 Å². The fourth-order valence-corrected chi connectivity index (χ4v) is 2.27. The molecule has 0 aliphatic carbocycles. The standard InChI is InChI=1S/C9H9NO3S/c11-8-7(10-9(12)13-8)4-3-6-2-1-5-14-6/h3-4H,1-2,5H2,(H,10,12)/b6-3-,7-4-. The molecule has 2 rings (SSSR count). The van der Waals surface area contributed by atoms with Gasteiger partial charge in [-0.1, -0.05) is 6.08 Å². The van der Waals surface area contributed by atoms with Crippen molar-refractivity contribution < 1.29 is 14.3 Å². The number of thioether (sulfide) groups is 1. The molecule has 0 aromatic rings. The molecule has 1 amide bonds. The minimum Gasteiger partial charge on any atom is -0.371 e. The first-order chi connectivity index (χ1) is 6.75. The largest absolute Gasteiger partial charge is 0.419 e. The summed E-state index contributed by atoms with van der Waals surface area (Å²) in [6.45, 7) is 0. The predicted octanol–water partition coefficient (Wildman–Crippen LogP) is 1.55. The molecule has 2 aliphatic rings. The molecule has 4 nitrogen and oxygen atoms in total.